The van der Waals surface area contributed by atoms with E-state index in [0.717, 1.165) is 25.1 Å². The molecule has 1 aromatic carbocycles. The fourth-order valence-corrected chi connectivity index (χ4v) is 2.42. The van der Waals surface area contributed by atoms with Gasteiger partial charge in [-0.2, -0.15) is 0 Å². The van der Waals surface area contributed by atoms with Gasteiger partial charge in [-0.1, -0.05) is 13.3 Å². The molecule has 7 nitrogen and oxygen atoms in total. The first-order valence-corrected chi connectivity index (χ1v) is 8.58. The van der Waals surface area contributed by atoms with Gasteiger partial charge in [-0.3, -0.25) is 4.79 Å². The molecule has 0 saturated heterocycles. The van der Waals surface area contributed by atoms with E-state index in [0.29, 0.717) is 28.8 Å². The van der Waals surface area contributed by atoms with Crippen molar-refractivity contribution < 1.29 is 14.3 Å². The second-order valence-electron chi connectivity index (χ2n) is 5.99. The summed E-state index contributed by atoms with van der Waals surface area (Å²) >= 11 is 0. The van der Waals surface area contributed by atoms with Crippen molar-refractivity contribution >= 4 is 17.5 Å². The van der Waals surface area contributed by atoms with Crippen LogP contribution in [0.2, 0.25) is 0 Å². The highest BCUT2D eigenvalue weighted by Gasteiger charge is 2.15. The first-order chi connectivity index (χ1) is 12.5. The molecule has 0 aliphatic heterocycles. The van der Waals surface area contributed by atoms with Crippen molar-refractivity contribution in [3.05, 3.63) is 35.7 Å². The highest BCUT2D eigenvalue weighted by molar-refractivity contribution is 6.04. The second kappa shape index (κ2) is 9.03. The fourth-order valence-electron chi connectivity index (χ4n) is 2.42. The van der Waals surface area contributed by atoms with Gasteiger partial charge in [-0.15, -0.1) is 0 Å². The molecule has 7 heteroatoms. The Morgan fingerprint density at radius 1 is 1.19 bits per heavy atom. The number of nitrogens with one attached hydrogen (secondary N) is 1. The van der Waals surface area contributed by atoms with Crippen molar-refractivity contribution in [2.75, 3.05) is 38.0 Å². The zero-order valence-corrected chi connectivity index (χ0v) is 16.0. The number of anilines is 2. The number of carbonyl (C=O) groups excluding carboxylic acids is 1. The molecule has 1 N–H and O–H groups in total. The first-order valence-electron chi connectivity index (χ1n) is 8.58. The summed E-state index contributed by atoms with van der Waals surface area (Å²) in [4.78, 5) is 23.5. The smallest absolute Gasteiger partial charge is 0.274 e. The lowest BCUT2D eigenvalue weighted by molar-refractivity contribution is 0.102. The Bertz CT molecular complexity index is 764. The lowest BCUT2D eigenvalue weighted by Gasteiger charge is -2.18. The second-order valence-corrected chi connectivity index (χ2v) is 5.99. The molecule has 0 saturated carbocycles. The van der Waals surface area contributed by atoms with Gasteiger partial charge in [-0.25, -0.2) is 9.97 Å². The summed E-state index contributed by atoms with van der Waals surface area (Å²) in [5, 5.41) is 2.84. The van der Waals surface area contributed by atoms with Crippen LogP contribution in [-0.2, 0) is 0 Å². The van der Waals surface area contributed by atoms with Gasteiger partial charge in [0.2, 0.25) is 5.95 Å². The number of ether oxygens (including phenoxy) is 2. The van der Waals surface area contributed by atoms with Gasteiger partial charge in [0.15, 0.2) is 0 Å². The third kappa shape index (κ3) is 4.84. The highest BCUT2D eigenvalue weighted by atomic mass is 16.5. The SMILES string of the molecule is CCCCN(C)c1nc(C)cc(C(=O)Nc2ccc(OC)cc2OC)n1. The molecule has 1 aromatic heterocycles. The van der Waals surface area contributed by atoms with E-state index in [-0.39, 0.29) is 5.91 Å². The van der Waals surface area contributed by atoms with Crippen LogP contribution in [-0.4, -0.2) is 43.7 Å². The third-order valence-electron chi connectivity index (χ3n) is 3.92. The molecule has 2 aromatic rings. The van der Waals surface area contributed by atoms with Crippen LogP contribution in [0, 0.1) is 6.92 Å². The maximum atomic E-state index is 12.7. The fraction of sp³-hybridized carbons (Fsp3) is 0.421. The van der Waals surface area contributed by atoms with Crippen LogP contribution < -0.4 is 19.7 Å². The molecule has 0 spiro atoms. The average molecular weight is 358 g/mol. The Hall–Kier alpha value is -2.83. The maximum Gasteiger partial charge on any atom is 0.274 e. The minimum absolute atomic E-state index is 0.314. The molecular formula is C19H26N4O3. The lowest BCUT2D eigenvalue weighted by atomic mass is 10.2. The van der Waals surface area contributed by atoms with E-state index in [1.54, 1.807) is 38.5 Å². The number of methoxy groups -OCH3 is 2. The molecular weight excluding hydrogens is 332 g/mol. The number of aromatic nitrogens is 2. The van der Waals surface area contributed by atoms with Gasteiger partial charge in [0, 0.05) is 25.4 Å². The van der Waals surface area contributed by atoms with Crippen molar-refractivity contribution in [3.8, 4) is 11.5 Å². The largest absolute Gasteiger partial charge is 0.497 e. The molecule has 1 amide bonds. The van der Waals surface area contributed by atoms with Crippen LogP contribution >= 0.6 is 0 Å². The standard InChI is InChI=1S/C19H26N4O3/c1-6-7-10-23(3)19-20-13(2)11-16(22-19)18(24)21-15-9-8-14(25-4)12-17(15)26-5/h8-9,11-12H,6-7,10H2,1-5H3,(H,21,24). The molecule has 0 unspecified atom stereocenters. The number of nitrogens with zero attached hydrogens (tertiary/aromatic N) is 3. The number of hydrogen-bond donors (Lipinski definition) is 1. The summed E-state index contributed by atoms with van der Waals surface area (Å²) in [6, 6.07) is 6.87. The van der Waals surface area contributed by atoms with Crippen molar-refractivity contribution in [1.29, 1.82) is 0 Å². The van der Waals surface area contributed by atoms with Crippen LogP contribution in [0.15, 0.2) is 24.3 Å². The van der Waals surface area contributed by atoms with Crippen LogP contribution in [0.1, 0.15) is 35.9 Å². The summed E-state index contributed by atoms with van der Waals surface area (Å²) in [6.45, 7) is 4.82. The molecule has 0 aliphatic rings. The molecule has 0 atom stereocenters. The number of aryl methyl sites for hydroxylation is 1. The Morgan fingerprint density at radius 3 is 2.62 bits per heavy atom. The lowest BCUT2D eigenvalue weighted by Crippen LogP contribution is -2.23. The minimum atomic E-state index is -0.316. The number of unbranched alkanes of at least 4 members (excludes halogenated alkanes) is 1. The van der Waals surface area contributed by atoms with Gasteiger partial charge in [0.25, 0.3) is 5.91 Å². The molecule has 26 heavy (non-hydrogen) atoms. The van der Waals surface area contributed by atoms with E-state index >= 15 is 0 Å². The van der Waals surface area contributed by atoms with Gasteiger partial charge in [-0.05, 0) is 31.5 Å². The normalized spacial score (nSPS) is 10.3. The van der Waals surface area contributed by atoms with Crippen LogP contribution in [0.25, 0.3) is 0 Å². The van der Waals surface area contributed by atoms with E-state index < -0.39 is 0 Å². The minimum Gasteiger partial charge on any atom is -0.497 e. The van der Waals surface area contributed by atoms with Crippen molar-refractivity contribution in [2.45, 2.75) is 26.7 Å². The van der Waals surface area contributed by atoms with E-state index in [1.807, 2.05) is 18.9 Å². The predicted molar refractivity (Wildman–Crippen MR) is 102 cm³/mol. The Labute approximate surface area is 154 Å². The zero-order chi connectivity index (χ0) is 19.1. The zero-order valence-electron chi connectivity index (χ0n) is 16.0. The highest BCUT2D eigenvalue weighted by Crippen LogP contribution is 2.29. The maximum absolute atomic E-state index is 12.7. The van der Waals surface area contributed by atoms with E-state index in [1.165, 1.54) is 0 Å². The van der Waals surface area contributed by atoms with Crippen LogP contribution in [0.4, 0.5) is 11.6 Å². The number of hydrogen-bond acceptors (Lipinski definition) is 6. The summed E-state index contributed by atoms with van der Waals surface area (Å²) in [6.07, 6.45) is 2.12. The summed E-state index contributed by atoms with van der Waals surface area (Å²) in [7, 11) is 5.05. The van der Waals surface area contributed by atoms with E-state index in [4.69, 9.17) is 9.47 Å². The van der Waals surface area contributed by atoms with E-state index in [9.17, 15) is 4.79 Å². The Balaban J connectivity index is 2.23. The number of benzene rings is 1. The molecule has 1 heterocycles. The number of amides is 1. The Kier molecular flexibility index (Phi) is 6.77. The average Bonchev–Trinajstić information content (AvgIpc) is 2.65. The van der Waals surface area contributed by atoms with Gasteiger partial charge in [0.1, 0.15) is 17.2 Å². The van der Waals surface area contributed by atoms with Crippen molar-refractivity contribution in [3.63, 3.8) is 0 Å². The molecule has 140 valence electrons. The number of rotatable bonds is 8. The van der Waals surface area contributed by atoms with Crippen molar-refractivity contribution in [1.82, 2.24) is 9.97 Å². The molecule has 2 rings (SSSR count). The molecule has 0 bridgehead atoms. The Morgan fingerprint density at radius 2 is 1.96 bits per heavy atom. The van der Waals surface area contributed by atoms with Gasteiger partial charge < -0.3 is 19.7 Å². The number of carbonyl (C=O) groups is 1. The molecule has 0 fully saturated rings. The summed E-state index contributed by atoms with van der Waals surface area (Å²) in [5.74, 6) is 1.40. The molecule has 0 aliphatic carbocycles. The quantitative estimate of drug-likeness (QED) is 0.780. The summed E-state index contributed by atoms with van der Waals surface area (Å²) in [5.41, 5.74) is 1.61. The van der Waals surface area contributed by atoms with E-state index in [2.05, 4.69) is 22.2 Å². The van der Waals surface area contributed by atoms with Crippen LogP contribution in [0.5, 0.6) is 11.5 Å². The predicted octanol–water partition coefficient (Wildman–Crippen LogP) is 3.29. The van der Waals surface area contributed by atoms with Gasteiger partial charge >= 0.3 is 0 Å². The topological polar surface area (TPSA) is 76.6 Å². The third-order valence-corrected chi connectivity index (χ3v) is 3.92. The summed E-state index contributed by atoms with van der Waals surface area (Å²) < 4.78 is 10.5. The first kappa shape index (κ1) is 19.5. The van der Waals surface area contributed by atoms with Gasteiger partial charge in [0.05, 0.1) is 19.9 Å². The van der Waals surface area contributed by atoms with Crippen LogP contribution in [0.3, 0.4) is 0 Å². The molecule has 0 radical (unpaired) electrons. The monoisotopic (exact) mass is 358 g/mol. The van der Waals surface area contributed by atoms with Crippen molar-refractivity contribution in [2.24, 2.45) is 0 Å².